The van der Waals surface area contributed by atoms with Crippen molar-refractivity contribution in [2.24, 2.45) is 0 Å². The van der Waals surface area contributed by atoms with Crippen LogP contribution in [0.15, 0.2) is 48.5 Å². The molecule has 2 aromatic carbocycles. The summed E-state index contributed by atoms with van der Waals surface area (Å²) >= 11 is 0. The van der Waals surface area contributed by atoms with E-state index in [1.165, 1.54) is 6.07 Å². The zero-order valence-corrected chi connectivity index (χ0v) is 14.0. The molecule has 3 nitrogen and oxygen atoms in total. The molecule has 4 heteroatoms. The van der Waals surface area contributed by atoms with Gasteiger partial charge in [0.1, 0.15) is 5.82 Å². The first-order valence-corrected chi connectivity index (χ1v) is 8.17. The monoisotopic (exact) mass is 326 g/mol. The first kappa shape index (κ1) is 18.1. The van der Waals surface area contributed by atoms with E-state index in [9.17, 15) is 9.50 Å². The van der Waals surface area contributed by atoms with Crippen LogP contribution in [0.5, 0.6) is 0 Å². The average molecular weight is 326 g/mol. The van der Waals surface area contributed by atoms with Gasteiger partial charge in [-0.3, -0.25) is 0 Å². The van der Waals surface area contributed by atoms with E-state index in [1.54, 1.807) is 19.1 Å². The van der Waals surface area contributed by atoms with Crippen LogP contribution < -0.4 is 5.32 Å². The van der Waals surface area contributed by atoms with Crippen LogP contribution in [0.2, 0.25) is 0 Å². The molecule has 2 rings (SSSR count). The molecule has 126 valence electrons. The smallest absolute Gasteiger partial charge is 0.129 e. The van der Waals surface area contributed by atoms with Crippen molar-refractivity contribution in [1.82, 2.24) is 5.32 Å². The third kappa shape index (κ3) is 4.89. The Morgan fingerprint density at radius 2 is 1.88 bits per heavy atom. The lowest BCUT2D eigenvalue weighted by molar-refractivity contribution is 0.173. The molecule has 0 saturated carbocycles. The molecule has 0 aromatic heterocycles. The lowest BCUT2D eigenvalue weighted by Crippen LogP contribution is -2.27. The van der Waals surface area contributed by atoms with Gasteiger partial charge in [0.15, 0.2) is 0 Å². The lowest BCUT2D eigenvalue weighted by atomic mass is 9.93. The van der Waals surface area contributed by atoms with Gasteiger partial charge < -0.3 is 10.4 Å². The maximum absolute atomic E-state index is 14.1. The second kappa shape index (κ2) is 8.58. The predicted molar refractivity (Wildman–Crippen MR) is 93.0 cm³/mol. The van der Waals surface area contributed by atoms with Crippen LogP contribution in [-0.4, -0.2) is 17.8 Å². The largest absolute Gasteiger partial charge is 0.393 e. The molecule has 0 spiro atoms. The molecule has 0 aliphatic rings. The maximum atomic E-state index is 14.1. The summed E-state index contributed by atoms with van der Waals surface area (Å²) in [7, 11) is 0. The van der Waals surface area contributed by atoms with E-state index in [-0.39, 0.29) is 17.8 Å². The molecule has 0 amide bonds. The van der Waals surface area contributed by atoms with Crippen molar-refractivity contribution in [3.05, 3.63) is 71.0 Å². The topological polar surface area (TPSA) is 56.0 Å². The van der Waals surface area contributed by atoms with Crippen LogP contribution in [0.3, 0.4) is 0 Å². The Morgan fingerprint density at radius 1 is 1.17 bits per heavy atom. The van der Waals surface area contributed by atoms with E-state index in [1.807, 2.05) is 43.3 Å². The van der Waals surface area contributed by atoms with Crippen LogP contribution in [0, 0.1) is 17.1 Å². The lowest BCUT2D eigenvalue weighted by Gasteiger charge is -2.23. The number of benzene rings is 2. The van der Waals surface area contributed by atoms with Gasteiger partial charge in [-0.25, -0.2) is 4.39 Å². The SMILES string of the molecule is CC(O)CC(CNC(C)c1ccc(C#N)cc1F)c1ccccc1. The average Bonchev–Trinajstić information content (AvgIpc) is 2.58. The molecule has 24 heavy (non-hydrogen) atoms. The summed E-state index contributed by atoms with van der Waals surface area (Å²) in [6, 6.07) is 16.3. The standard InChI is InChI=1S/C20H23FN2O/c1-14(24)10-18(17-6-4-3-5-7-17)13-23-15(2)19-9-8-16(12-22)11-20(19)21/h3-9,11,14-15,18,23-24H,10,13H2,1-2H3. The van der Waals surface area contributed by atoms with E-state index >= 15 is 0 Å². The Balaban J connectivity index is 2.07. The van der Waals surface area contributed by atoms with Crippen molar-refractivity contribution in [3.63, 3.8) is 0 Å². The van der Waals surface area contributed by atoms with Gasteiger partial charge in [-0.1, -0.05) is 36.4 Å². The number of halogens is 1. The van der Waals surface area contributed by atoms with Crippen LogP contribution >= 0.6 is 0 Å². The number of hydrogen-bond acceptors (Lipinski definition) is 3. The molecule has 0 heterocycles. The minimum Gasteiger partial charge on any atom is -0.393 e. The van der Waals surface area contributed by atoms with Gasteiger partial charge in [0.2, 0.25) is 0 Å². The molecule has 0 saturated heterocycles. The summed E-state index contributed by atoms with van der Waals surface area (Å²) in [6.07, 6.45) is 0.235. The molecule has 3 unspecified atom stereocenters. The van der Waals surface area contributed by atoms with Crippen molar-refractivity contribution < 1.29 is 9.50 Å². The molecule has 0 aliphatic heterocycles. The Labute approximate surface area is 142 Å². The number of aliphatic hydroxyl groups is 1. The van der Waals surface area contributed by atoms with Gasteiger partial charge in [0.05, 0.1) is 17.7 Å². The summed E-state index contributed by atoms with van der Waals surface area (Å²) in [5.74, 6) is -0.226. The molecular formula is C20H23FN2O. The van der Waals surface area contributed by atoms with Crippen molar-refractivity contribution in [1.29, 1.82) is 5.26 Å². The Morgan fingerprint density at radius 3 is 2.46 bits per heavy atom. The fraction of sp³-hybridized carbons (Fsp3) is 0.350. The second-order valence-corrected chi connectivity index (χ2v) is 6.17. The van der Waals surface area contributed by atoms with Crippen molar-refractivity contribution in [2.75, 3.05) is 6.54 Å². The van der Waals surface area contributed by atoms with E-state index in [4.69, 9.17) is 5.26 Å². The Kier molecular flexibility index (Phi) is 6.48. The number of rotatable bonds is 7. The molecule has 0 radical (unpaired) electrons. The van der Waals surface area contributed by atoms with Gasteiger partial charge in [-0.05, 0) is 43.9 Å². The zero-order valence-electron chi connectivity index (χ0n) is 14.0. The highest BCUT2D eigenvalue weighted by molar-refractivity contribution is 5.34. The van der Waals surface area contributed by atoms with Gasteiger partial charge in [0, 0.05) is 18.2 Å². The summed E-state index contributed by atoms with van der Waals surface area (Å²) in [5, 5.41) is 21.9. The molecule has 0 aliphatic carbocycles. The van der Waals surface area contributed by atoms with Gasteiger partial charge >= 0.3 is 0 Å². The third-order valence-corrected chi connectivity index (χ3v) is 4.16. The normalized spacial score (nSPS) is 14.6. The molecule has 0 fully saturated rings. The molecule has 0 bridgehead atoms. The van der Waals surface area contributed by atoms with Crippen molar-refractivity contribution >= 4 is 0 Å². The van der Waals surface area contributed by atoms with Crippen molar-refractivity contribution in [3.8, 4) is 6.07 Å². The highest BCUT2D eigenvalue weighted by Crippen LogP contribution is 2.23. The summed E-state index contributed by atoms with van der Waals surface area (Å²) in [6.45, 7) is 4.31. The number of hydrogen-bond donors (Lipinski definition) is 2. The zero-order chi connectivity index (χ0) is 17.5. The van der Waals surface area contributed by atoms with Crippen LogP contribution in [0.1, 0.15) is 48.9 Å². The predicted octanol–water partition coefficient (Wildman–Crippen LogP) is 3.90. The van der Waals surface area contributed by atoms with Gasteiger partial charge in [-0.2, -0.15) is 5.26 Å². The minimum atomic E-state index is -0.404. The Hall–Kier alpha value is -2.22. The summed E-state index contributed by atoms with van der Waals surface area (Å²) < 4.78 is 14.1. The molecule has 2 aromatic rings. The van der Waals surface area contributed by atoms with Crippen LogP contribution in [-0.2, 0) is 0 Å². The minimum absolute atomic E-state index is 0.148. The highest BCUT2D eigenvalue weighted by Gasteiger charge is 2.17. The van der Waals surface area contributed by atoms with E-state index in [2.05, 4.69) is 5.32 Å². The number of aliphatic hydroxyl groups excluding tert-OH is 1. The number of nitrogens with one attached hydrogen (secondary N) is 1. The fourth-order valence-electron chi connectivity index (χ4n) is 2.85. The van der Waals surface area contributed by atoms with E-state index in [0.29, 0.717) is 24.1 Å². The molecule has 3 atom stereocenters. The summed E-state index contributed by atoms with van der Waals surface area (Å²) in [5.41, 5.74) is 2.01. The van der Waals surface area contributed by atoms with E-state index < -0.39 is 6.10 Å². The van der Waals surface area contributed by atoms with Gasteiger partial charge in [0.25, 0.3) is 0 Å². The fourth-order valence-corrected chi connectivity index (χ4v) is 2.85. The second-order valence-electron chi connectivity index (χ2n) is 6.17. The molecular weight excluding hydrogens is 303 g/mol. The van der Waals surface area contributed by atoms with Crippen LogP contribution in [0.25, 0.3) is 0 Å². The van der Waals surface area contributed by atoms with Crippen molar-refractivity contribution in [2.45, 2.75) is 38.3 Å². The maximum Gasteiger partial charge on any atom is 0.129 e. The quantitative estimate of drug-likeness (QED) is 0.811. The summed E-state index contributed by atoms with van der Waals surface area (Å²) in [4.78, 5) is 0. The Bertz CT molecular complexity index is 695. The molecule has 2 N–H and O–H groups in total. The van der Waals surface area contributed by atoms with Crippen LogP contribution in [0.4, 0.5) is 4.39 Å². The highest BCUT2D eigenvalue weighted by atomic mass is 19.1. The first-order valence-electron chi connectivity index (χ1n) is 8.17. The number of nitriles is 1. The van der Waals surface area contributed by atoms with E-state index in [0.717, 1.165) is 5.56 Å². The van der Waals surface area contributed by atoms with Gasteiger partial charge in [-0.15, -0.1) is 0 Å². The first-order chi connectivity index (χ1) is 11.5. The third-order valence-electron chi connectivity index (χ3n) is 4.16. The number of nitrogens with zero attached hydrogens (tertiary/aromatic N) is 1.